The van der Waals surface area contributed by atoms with Crippen molar-refractivity contribution in [3.63, 3.8) is 0 Å². The van der Waals surface area contributed by atoms with Crippen LogP contribution in [0.4, 0.5) is 5.69 Å². The van der Waals surface area contributed by atoms with E-state index in [1.54, 1.807) is 0 Å². The van der Waals surface area contributed by atoms with Crippen molar-refractivity contribution in [2.24, 2.45) is 16.5 Å². The Morgan fingerprint density at radius 3 is 2.63 bits per heavy atom. The molecule has 2 atom stereocenters. The third-order valence-electron chi connectivity index (χ3n) is 4.97. The summed E-state index contributed by atoms with van der Waals surface area (Å²) in [6, 6.07) is 12.8. The van der Waals surface area contributed by atoms with Crippen LogP contribution in [0, 0.1) is 0 Å². The molecule has 3 rings (SSSR count). The number of carbonyl (C=O) groups excluding carboxylic acids is 2. The molecule has 2 aromatic carbocycles. The molecule has 1 saturated heterocycles. The van der Waals surface area contributed by atoms with Crippen LogP contribution in [0.15, 0.2) is 47.5 Å². The zero-order valence-corrected chi connectivity index (χ0v) is 17.6. The Balaban J connectivity index is 0.00000320. The highest BCUT2D eigenvalue weighted by atomic mass is 35.5. The molecule has 0 spiro atoms. The van der Waals surface area contributed by atoms with Gasteiger partial charge in [0.15, 0.2) is 5.96 Å². The number of guanidine groups is 1. The number of hydrogen-bond donors (Lipinski definition) is 5. The van der Waals surface area contributed by atoms with Gasteiger partial charge in [0.2, 0.25) is 11.8 Å². The molecule has 30 heavy (non-hydrogen) atoms. The van der Waals surface area contributed by atoms with E-state index in [1.807, 2.05) is 42.5 Å². The van der Waals surface area contributed by atoms with E-state index in [0.717, 1.165) is 30.2 Å². The number of aliphatic imine (C=N–C) groups is 1. The number of rotatable bonds is 8. The summed E-state index contributed by atoms with van der Waals surface area (Å²) in [5.41, 5.74) is 11.4. The Bertz CT molecular complexity index is 894. The molecule has 0 saturated carbocycles. The fourth-order valence-electron chi connectivity index (χ4n) is 3.45. The molecule has 0 bridgehead atoms. The summed E-state index contributed by atoms with van der Waals surface area (Å²) in [6.45, 7) is 1.22. The van der Waals surface area contributed by atoms with E-state index in [9.17, 15) is 9.59 Å². The number of amides is 2. The van der Waals surface area contributed by atoms with Crippen molar-refractivity contribution in [3.8, 4) is 0 Å². The molecular weight excluding hydrogens is 404 g/mol. The molecule has 0 radical (unpaired) electrons. The lowest BCUT2D eigenvalue weighted by atomic mass is 10.1. The first kappa shape index (κ1) is 23.4. The summed E-state index contributed by atoms with van der Waals surface area (Å²) in [4.78, 5) is 29.3. The Morgan fingerprint density at radius 2 is 1.93 bits per heavy atom. The summed E-state index contributed by atoms with van der Waals surface area (Å²) in [6.07, 6.45) is 2.75. The van der Waals surface area contributed by atoms with Gasteiger partial charge in [0.05, 0.1) is 6.04 Å². The minimum absolute atomic E-state index is 0. The highest BCUT2D eigenvalue weighted by Gasteiger charge is 2.27. The molecule has 7 N–H and O–H groups in total. The minimum atomic E-state index is -0.662. The van der Waals surface area contributed by atoms with Gasteiger partial charge < -0.3 is 27.4 Å². The van der Waals surface area contributed by atoms with Gasteiger partial charge in [0, 0.05) is 12.2 Å². The van der Waals surface area contributed by atoms with Crippen LogP contribution >= 0.6 is 12.4 Å². The van der Waals surface area contributed by atoms with Gasteiger partial charge in [-0.15, -0.1) is 12.4 Å². The molecule has 9 heteroatoms. The highest BCUT2D eigenvalue weighted by Crippen LogP contribution is 2.19. The molecule has 2 unspecified atom stereocenters. The summed E-state index contributed by atoms with van der Waals surface area (Å²) in [7, 11) is 0. The molecule has 1 fully saturated rings. The van der Waals surface area contributed by atoms with E-state index in [2.05, 4.69) is 20.9 Å². The van der Waals surface area contributed by atoms with Gasteiger partial charge in [-0.3, -0.25) is 14.6 Å². The average molecular weight is 433 g/mol. The van der Waals surface area contributed by atoms with E-state index in [-0.39, 0.29) is 36.2 Å². The normalized spacial score (nSPS) is 16.3. The van der Waals surface area contributed by atoms with Crippen LogP contribution in [0.1, 0.15) is 25.7 Å². The average Bonchev–Trinajstić information content (AvgIpc) is 3.25. The van der Waals surface area contributed by atoms with E-state index < -0.39 is 6.04 Å². The fraction of sp³-hybridized carbons (Fsp3) is 0.381. The summed E-state index contributed by atoms with van der Waals surface area (Å²) < 4.78 is 0. The van der Waals surface area contributed by atoms with Gasteiger partial charge in [0.1, 0.15) is 6.04 Å². The SMILES string of the molecule is Cl.NC(N)=NCCCC(NC(=O)C1CCCN1)C(=O)Nc1ccc2ccccc2c1. The first-order valence-electron chi connectivity index (χ1n) is 9.92. The monoisotopic (exact) mass is 432 g/mol. The largest absolute Gasteiger partial charge is 0.370 e. The minimum Gasteiger partial charge on any atom is -0.370 e. The van der Waals surface area contributed by atoms with Crippen molar-refractivity contribution in [1.82, 2.24) is 10.6 Å². The van der Waals surface area contributed by atoms with Crippen molar-refractivity contribution < 1.29 is 9.59 Å². The zero-order valence-electron chi connectivity index (χ0n) is 16.8. The number of nitrogens with two attached hydrogens (primary N) is 2. The van der Waals surface area contributed by atoms with Crippen molar-refractivity contribution >= 4 is 46.6 Å². The summed E-state index contributed by atoms with van der Waals surface area (Å²) in [5.74, 6) is -0.388. The van der Waals surface area contributed by atoms with Crippen molar-refractivity contribution in [1.29, 1.82) is 0 Å². The lowest BCUT2D eigenvalue weighted by Crippen LogP contribution is -2.49. The molecule has 8 nitrogen and oxygen atoms in total. The molecule has 2 amide bonds. The van der Waals surface area contributed by atoms with Gasteiger partial charge in [-0.2, -0.15) is 0 Å². The second-order valence-corrected chi connectivity index (χ2v) is 7.21. The topological polar surface area (TPSA) is 135 Å². The van der Waals surface area contributed by atoms with Crippen LogP contribution in [0.2, 0.25) is 0 Å². The molecule has 1 heterocycles. The van der Waals surface area contributed by atoms with Gasteiger partial charge in [0.25, 0.3) is 0 Å². The number of nitrogens with one attached hydrogen (secondary N) is 3. The number of nitrogens with zero attached hydrogens (tertiary/aromatic N) is 1. The molecule has 0 aliphatic carbocycles. The maximum absolute atomic E-state index is 12.9. The number of anilines is 1. The van der Waals surface area contributed by atoms with E-state index >= 15 is 0 Å². The lowest BCUT2D eigenvalue weighted by Gasteiger charge is -2.20. The van der Waals surface area contributed by atoms with Gasteiger partial charge in [-0.1, -0.05) is 30.3 Å². The van der Waals surface area contributed by atoms with Crippen LogP contribution in [-0.2, 0) is 9.59 Å². The van der Waals surface area contributed by atoms with Crippen LogP contribution in [0.3, 0.4) is 0 Å². The van der Waals surface area contributed by atoms with Crippen LogP contribution in [-0.4, -0.2) is 42.9 Å². The Kier molecular flexibility index (Phi) is 8.89. The van der Waals surface area contributed by atoms with Crippen LogP contribution < -0.4 is 27.4 Å². The first-order valence-corrected chi connectivity index (χ1v) is 9.92. The zero-order chi connectivity index (χ0) is 20.6. The predicted octanol–water partition coefficient (Wildman–Crippen LogP) is 1.49. The number of halogens is 1. The second-order valence-electron chi connectivity index (χ2n) is 7.21. The number of fused-ring (bicyclic) bond motifs is 1. The second kappa shape index (κ2) is 11.4. The number of carbonyl (C=O) groups is 2. The van der Waals surface area contributed by atoms with Crippen LogP contribution in [0.25, 0.3) is 10.8 Å². The highest BCUT2D eigenvalue weighted by molar-refractivity contribution is 5.99. The van der Waals surface area contributed by atoms with Crippen molar-refractivity contribution in [2.45, 2.75) is 37.8 Å². The summed E-state index contributed by atoms with van der Waals surface area (Å²) in [5, 5.41) is 11.1. The number of benzene rings is 2. The molecule has 1 aliphatic rings. The first-order chi connectivity index (χ1) is 14.0. The predicted molar refractivity (Wildman–Crippen MR) is 123 cm³/mol. The summed E-state index contributed by atoms with van der Waals surface area (Å²) >= 11 is 0. The quantitative estimate of drug-likeness (QED) is 0.245. The van der Waals surface area contributed by atoms with Gasteiger partial charge >= 0.3 is 0 Å². The third-order valence-corrected chi connectivity index (χ3v) is 4.97. The van der Waals surface area contributed by atoms with E-state index in [4.69, 9.17) is 11.5 Å². The molecule has 0 aromatic heterocycles. The smallest absolute Gasteiger partial charge is 0.246 e. The van der Waals surface area contributed by atoms with E-state index in [1.165, 1.54) is 0 Å². The van der Waals surface area contributed by atoms with Gasteiger partial charge in [-0.05, 0) is 55.1 Å². The van der Waals surface area contributed by atoms with Crippen molar-refractivity contribution in [3.05, 3.63) is 42.5 Å². The Morgan fingerprint density at radius 1 is 1.17 bits per heavy atom. The maximum atomic E-state index is 12.9. The van der Waals surface area contributed by atoms with Crippen LogP contribution in [0.5, 0.6) is 0 Å². The Labute approximate surface area is 182 Å². The van der Waals surface area contributed by atoms with E-state index in [0.29, 0.717) is 25.1 Å². The third kappa shape index (κ3) is 6.60. The Hall–Kier alpha value is -2.84. The van der Waals surface area contributed by atoms with Gasteiger partial charge in [-0.25, -0.2) is 0 Å². The molecule has 1 aliphatic heterocycles. The van der Waals surface area contributed by atoms with Crippen molar-refractivity contribution in [2.75, 3.05) is 18.4 Å². The maximum Gasteiger partial charge on any atom is 0.246 e. The fourth-order valence-corrected chi connectivity index (χ4v) is 3.45. The molecule has 162 valence electrons. The molecule has 2 aromatic rings. The number of hydrogen-bond acceptors (Lipinski definition) is 4. The lowest BCUT2D eigenvalue weighted by molar-refractivity contribution is -0.127. The standard InChI is InChI=1S/C21H28N6O2.ClH/c22-21(23)25-12-4-8-18(27-19(28)17-7-3-11-24-17)20(29)26-16-10-9-14-5-1-2-6-15(14)13-16;/h1-2,5-6,9-10,13,17-18,24H,3-4,7-8,11-12H2,(H,26,29)(H,27,28)(H4,22,23,25);1H. The molecular formula is C21H29ClN6O2.